The van der Waals surface area contributed by atoms with Gasteiger partial charge in [-0.05, 0) is 51.1 Å². The van der Waals surface area contributed by atoms with E-state index >= 15 is 0 Å². The van der Waals surface area contributed by atoms with E-state index in [1.54, 1.807) is 0 Å². The summed E-state index contributed by atoms with van der Waals surface area (Å²) >= 11 is 6.56. The van der Waals surface area contributed by atoms with E-state index in [1.165, 1.54) is 14.7 Å². The minimum Gasteiger partial charge on any atom is -0.146 e. The zero-order valence-corrected chi connectivity index (χ0v) is 13.2. The Kier molecular flexibility index (Phi) is 4.33. The fraction of sp³-hybridized carbons (Fsp3) is 0.0526. The average molecular weight is 313 g/mol. The van der Waals surface area contributed by atoms with Gasteiger partial charge in [-0.25, -0.2) is 0 Å². The van der Waals surface area contributed by atoms with Crippen molar-refractivity contribution in [2.75, 3.05) is 5.21 Å². The van der Waals surface area contributed by atoms with Gasteiger partial charge in [0.05, 0.1) is 5.21 Å². The SMILES string of the molecule is ClCS(c1ccccc1)(c1ccccc1)c1ccccc1. The van der Waals surface area contributed by atoms with Gasteiger partial charge in [0.1, 0.15) is 0 Å². The monoisotopic (exact) mass is 312 g/mol. The summed E-state index contributed by atoms with van der Waals surface area (Å²) in [6.07, 6.45) is 0. The molecule has 0 unspecified atom stereocenters. The van der Waals surface area contributed by atoms with Crippen LogP contribution in [-0.2, 0) is 0 Å². The summed E-state index contributed by atoms with van der Waals surface area (Å²) in [5.41, 5.74) is 0. The lowest BCUT2D eigenvalue weighted by atomic mass is 10.4. The molecule has 3 aromatic carbocycles. The summed E-state index contributed by atoms with van der Waals surface area (Å²) in [6, 6.07) is 31.9. The molecule has 0 aliphatic carbocycles. The molecule has 0 aromatic heterocycles. The van der Waals surface area contributed by atoms with E-state index in [1.807, 2.05) is 0 Å². The predicted molar refractivity (Wildman–Crippen MR) is 92.4 cm³/mol. The maximum absolute atomic E-state index is 6.56. The molecule has 0 N–H and O–H groups in total. The smallest absolute Gasteiger partial charge is 0.0640 e. The summed E-state index contributed by atoms with van der Waals surface area (Å²) in [6.45, 7) is 0. The van der Waals surface area contributed by atoms with Gasteiger partial charge in [0, 0.05) is 0 Å². The van der Waals surface area contributed by atoms with Gasteiger partial charge in [-0.1, -0.05) is 54.6 Å². The van der Waals surface area contributed by atoms with Crippen LogP contribution in [0, 0.1) is 0 Å². The van der Waals surface area contributed by atoms with Crippen LogP contribution in [0.15, 0.2) is 106 Å². The fourth-order valence-corrected chi connectivity index (χ4v) is 6.75. The lowest BCUT2D eigenvalue weighted by Crippen LogP contribution is -2.04. The molecular formula is C19H17ClS. The van der Waals surface area contributed by atoms with Crippen LogP contribution in [0.3, 0.4) is 0 Å². The minimum absolute atomic E-state index is 0.588. The largest absolute Gasteiger partial charge is 0.146 e. The Bertz CT molecular complexity index is 584. The van der Waals surface area contributed by atoms with Crippen LogP contribution in [0.2, 0.25) is 0 Å². The average Bonchev–Trinajstić information content (AvgIpc) is 2.59. The molecule has 0 atom stereocenters. The number of benzene rings is 3. The van der Waals surface area contributed by atoms with Gasteiger partial charge in [-0.2, -0.15) is 0 Å². The number of hydrogen-bond donors (Lipinski definition) is 0. The predicted octanol–water partition coefficient (Wildman–Crippen LogP) is 6.16. The van der Waals surface area contributed by atoms with Gasteiger partial charge in [0.25, 0.3) is 0 Å². The Morgan fingerprint density at radius 1 is 0.524 bits per heavy atom. The highest BCUT2D eigenvalue weighted by Gasteiger charge is 2.29. The molecule has 0 heterocycles. The third-order valence-electron chi connectivity index (χ3n) is 3.60. The molecule has 3 aromatic rings. The maximum atomic E-state index is 6.56. The van der Waals surface area contributed by atoms with Gasteiger partial charge in [-0.15, -0.1) is 21.6 Å². The zero-order chi connectivity index (χ0) is 14.5. The van der Waals surface area contributed by atoms with Crippen LogP contribution in [0.4, 0.5) is 0 Å². The summed E-state index contributed by atoms with van der Waals surface area (Å²) < 4.78 is 0. The Labute approximate surface area is 132 Å². The molecule has 0 nitrogen and oxygen atoms in total. The molecule has 0 fully saturated rings. The van der Waals surface area contributed by atoms with E-state index in [9.17, 15) is 0 Å². The molecule has 3 rings (SSSR count). The Balaban J connectivity index is 2.29. The quantitative estimate of drug-likeness (QED) is 0.506. The molecule has 0 amide bonds. The lowest BCUT2D eigenvalue weighted by molar-refractivity contribution is 1.29. The number of alkyl halides is 1. The molecule has 0 aliphatic rings. The van der Waals surface area contributed by atoms with Gasteiger partial charge in [0.15, 0.2) is 0 Å². The third kappa shape index (κ3) is 2.59. The van der Waals surface area contributed by atoms with Crippen LogP contribution >= 0.6 is 21.6 Å². The second-order valence-corrected chi connectivity index (χ2v) is 8.55. The van der Waals surface area contributed by atoms with Crippen molar-refractivity contribution < 1.29 is 0 Å². The van der Waals surface area contributed by atoms with Crippen molar-refractivity contribution in [2.24, 2.45) is 0 Å². The molecule has 2 heteroatoms. The second-order valence-electron chi connectivity index (χ2n) is 4.79. The Morgan fingerprint density at radius 3 is 1.05 bits per heavy atom. The molecule has 106 valence electrons. The van der Waals surface area contributed by atoms with Crippen molar-refractivity contribution in [1.82, 2.24) is 0 Å². The third-order valence-corrected chi connectivity index (χ3v) is 8.14. The number of rotatable bonds is 4. The Morgan fingerprint density at radius 2 is 0.810 bits per heavy atom. The van der Waals surface area contributed by atoms with Gasteiger partial charge in [0.2, 0.25) is 0 Å². The summed E-state index contributed by atoms with van der Waals surface area (Å²) in [5, 5.41) is 0.588. The van der Waals surface area contributed by atoms with E-state index in [0.29, 0.717) is 5.21 Å². The van der Waals surface area contributed by atoms with Crippen molar-refractivity contribution in [3.63, 3.8) is 0 Å². The first-order valence-corrected chi connectivity index (χ1v) is 9.24. The van der Waals surface area contributed by atoms with Crippen LogP contribution < -0.4 is 0 Å². The maximum Gasteiger partial charge on any atom is 0.0640 e. The molecule has 0 spiro atoms. The molecule has 0 radical (unpaired) electrons. The fourth-order valence-electron chi connectivity index (χ4n) is 2.56. The van der Waals surface area contributed by atoms with Crippen molar-refractivity contribution in [2.45, 2.75) is 14.7 Å². The molecule has 0 saturated carbocycles. The summed E-state index contributed by atoms with van der Waals surface area (Å²) in [7, 11) is -1.41. The highest BCUT2D eigenvalue weighted by atomic mass is 35.5. The van der Waals surface area contributed by atoms with E-state index < -0.39 is 10.0 Å². The highest BCUT2D eigenvalue weighted by molar-refractivity contribution is 8.34. The van der Waals surface area contributed by atoms with Crippen LogP contribution in [0.1, 0.15) is 0 Å². The second kappa shape index (κ2) is 6.38. The van der Waals surface area contributed by atoms with Crippen LogP contribution in [0.25, 0.3) is 0 Å². The van der Waals surface area contributed by atoms with Gasteiger partial charge >= 0.3 is 0 Å². The topological polar surface area (TPSA) is 0 Å². The van der Waals surface area contributed by atoms with Crippen molar-refractivity contribution >= 4 is 21.6 Å². The zero-order valence-electron chi connectivity index (χ0n) is 11.7. The molecule has 0 bridgehead atoms. The first-order valence-electron chi connectivity index (χ1n) is 6.90. The molecular weight excluding hydrogens is 296 g/mol. The van der Waals surface area contributed by atoms with Crippen molar-refractivity contribution in [1.29, 1.82) is 0 Å². The highest BCUT2D eigenvalue weighted by Crippen LogP contribution is 2.68. The van der Waals surface area contributed by atoms with Crippen molar-refractivity contribution in [3.8, 4) is 0 Å². The van der Waals surface area contributed by atoms with Gasteiger partial charge in [-0.3, -0.25) is 0 Å². The lowest BCUT2D eigenvalue weighted by Gasteiger charge is -2.39. The van der Waals surface area contributed by atoms with Crippen molar-refractivity contribution in [3.05, 3.63) is 91.0 Å². The molecule has 0 saturated heterocycles. The normalized spacial score (nSPS) is 12.0. The minimum atomic E-state index is -1.41. The van der Waals surface area contributed by atoms with E-state index in [2.05, 4.69) is 91.0 Å². The molecule has 0 aliphatic heterocycles. The van der Waals surface area contributed by atoms with Crippen LogP contribution in [-0.4, -0.2) is 5.21 Å². The Hall–Kier alpha value is -1.70. The molecule has 21 heavy (non-hydrogen) atoms. The summed E-state index contributed by atoms with van der Waals surface area (Å²) in [5.74, 6) is 0. The van der Waals surface area contributed by atoms with E-state index in [0.717, 1.165) is 0 Å². The van der Waals surface area contributed by atoms with Crippen LogP contribution in [0.5, 0.6) is 0 Å². The number of hydrogen-bond acceptors (Lipinski definition) is 0. The van der Waals surface area contributed by atoms with Gasteiger partial charge < -0.3 is 0 Å². The van der Waals surface area contributed by atoms with E-state index in [4.69, 9.17) is 11.6 Å². The number of halogens is 1. The first-order chi connectivity index (χ1) is 10.4. The first kappa shape index (κ1) is 14.2. The standard InChI is InChI=1S/C19H17ClS/c20-16-21(17-10-4-1-5-11-17,18-12-6-2-7-13-18)19-14-8-3-9-15-19/h1-15H,16H2. The van der Waals surface area contributed by atoms with E-state index in [-0.39, 0.29) is 0 Å². The summed E-state index contributed by atoms with van der Waals surface area (Å²) in [4.78, 5) is 3.91.